The van der Waals surface area contributed by atoms with E-state index in [1.165, 1.54) is 24.4 Å². The minimum atomic E-state index is -3.77. The standard InChI is InChI=1S/C20H20N2O4S/c1-13-6-8-14(9-7-13)27(24,25)22-21-12-16-17(23)10-11-19-20(16)15-4-2-3-5-18(15)26-19/h6-12,22-23H,2-5H2,1H3. The van der Waals surface area contributed by atoms with Gasteiger partial charge in [-0.3, -0.25) is 0 Å². The van der Waals surface area contributed by atoms with Crippen molar-refractivity contribution in [3.05, 3.63) is 58.8 Å². The number of sulfonamides is 1. The number of fused-ring (bicyclic) bond motifs is 3. The molecule has 2 aromatic carbocycles. The van der Waals surface area contributed by atoms with E-state index in [2.05, 4.69) is 9.93 Å². The lowest BCUT2D eigenvalue weighted by atomic mass is 9.94. The largest absolute Gasteiger partial charge is 0.507 e. The highest BCUT2D eigenvalue weighted by molar-refractivity contribution is 7.89. The third kappa shape index (κ3) is 3.30. The Morgan fingerprint density at radius 2 is 1.85 bits per heavy atom. The summed E-state index contributed by atoms with van der Waals surface area (Å²) in [6, 6.07) is 9.77. The second-order valence-electron chi connectivity index (χ2n) is 6.75. The fraction of sp³-hybridized carbons (Fsp3) is 0.250. The number of nitrogens with zero attached hydrogens (tertiary/aromatic N) is 1. The second kappa shape index (κ2) is 6.74. The summed E-state index contributed by atoms with van der Waals surface area (Å²) < 4.78 is 30.6. The number of benzene rings is 2. The molecule has 6 nitrogen and oxygen atoms in total. The van der Waals surface area contributed by atoms with Gasteiger partial charge in [0.15, 0.2) is 0 Å². The van der Waals surface area contributed by atoms with Gasteiger partial charge in [-0.1, -0.05) is 17.7 Å². The van der Waals surface area contributed by atoms with E-state index in [1.807, 2.05) is 6.92 Å². The summed E-state index contributed by atoms with van der Waals surface area (Å²) >= 11 is 0. The zero-order chi connectivity index (χ0) is 19.0. The number of nitrogens with one attached hydrogen (secondary N) is 1. The summed E-state index contributed by atoms with van der Waals surface area (Å²) in [7, 11) is -3.77. The van der Waals surface area contributed by atoms with Crippen LogP contribution in [0.25, 0.3) is 11.0 Å². The lowest BCUT2D eigenvalue weighted by molar-refractivity contribution is 0.474. The van der Waals surface area contributed by atoms with Gasteiger partial charge in [0.25, 0.3) is 10.0 Å². The van der Waals surface area contributed by atoms with E-state index in [0.717, 1.165) is 48.0 Å². The van der Waals surface area contributed by atoms with Gasteiger partial charge in [-0.25, -0.2) is 4.83 Å². The molecule has 27 heavy (non-hydrogen) atoms. The summed E-state index contributed by atoms with van der Waals surface area (Å²) in [6.07, 6.45) is 5.24. The Balaban J connectivity index is 1.68. The van der Waals surface area contributed by atoms with E-state index in [-0.39, 0.29) is 10.6 Å². The van der Waals surface area contributed by atoms with Crippen LogP contribution in [0.15, 0.2) is 50.8 Å². The Labute approximate surface area is 157 Å². The Morgan fingerprint density at radius 1 is 1.11 bits per heavy atom. The molecule has 0 bridgehead atoms. The number of furan rings is 1. The smallest absolute Gasteiger partial charge is 0.276 e. The van der Waals surface area contributed by atoms with Crippen LogP contribution in [0.1, 0.15) is 35.3 Å². The monoisotopic (exact) mass is 384 g/mol. The first-order valence-electron chi connectivity index (χ1n) is 8.83. The molecule has 0 saturated heterocycles. The number of hydrogen-bond donors (Lipinski definition) is 2. The van der Waals surface area contributed by atoms with E-state index >= 15 is 0 Å². The third-order valence-electron chi connectivity index (χ3n) is 4.83. The molecule has 0 aliphatic heterocycles. The van der Waals surface area contributed by atoms with Gasteiger partial charge in [-0.05, 0) is 50.5 Å². The van der Waals surface area contributed by atoms with Crippen molar-refractivity contribution in [2.45, 2.75) is 37.5 Å². The maximum Gasteiger partial charge on any atom is 0.276 e. The summed E-state index contributed by atoms with van der Waals surface area (Å²) in [5, 5.41) is 15.0. The second-order valence-corrected chi connectivity index (χ2v) is 8.41. The fourth-order valence-corrected chi connectivity index (χ4v) is 4.22. The molecule has 3 aromatic rings. The van der Waals surface area contributed by atoms with Crippen molar-refractivity contribution in [3.8, 4) is 5.75 Å². The van der Waals surface area contributed by atoms with Crippen LogP contribution >= 0.6 is 0 Å². The molecule has 1 aliphatic carbocycles. The number of hydrazone groups is 1. The number of aromatic hydroxyl groups is 1. The number of phenolic OH excluding ortho intramolecular Hbond substituents is 1. The van der Waals surface area contributed by atoms with Crippen LogP contribution in [0.5, 0.6) is 5.75 Å². The molecule has 7 heteroatoms. The van der Waals surface area contributed by atoms with Gasteiger partial charge in [-0.2, -0.15) is 13.5 Å². The van der Waals surface area contributed by atoms with E-state index in [9.17, 15) is 13.5 Å². The predicted octanol–water partition coefficient (Wildman–Crippen LogP) is 3.64. The van der Waals surface area contributed by atoms with E-state index in [0.29, 0.717) is 11.1 Å². The molecule has 4 rings (SSSR count). The highest BCUT2D eigenvalue weighted by atomic mass is 32.2. The van der Waals surface area contributed by atoms with Crippen LogP contribution in [0.4, 0.5) is 0 Å². The molecule has 0 spiro atoms. The van der Waals surface area contributed by atoms with Gasteiger partial charge >= 0.3 is 0 Å². The fourth-order valence-electron chi connectivity index (χ4n) is 3.43. The zero-order valence-electron chi connectivity index (χ0n) is 14.9. The molecule has 0 saturated carbocycles. The molecule has 0 unspecified atom stereocenters. The van der Waals surface area contributed by atoms with Gasteiger partial charge in [-0.15, -0.1) is 0 Å². The summed E-state index contributed by atoms with van der Waals surface area (Å²) in [5.74, 6) is 0.978. The van der Waals surface area contributed by atoms with Gasteiger partial charge in [0.2, 0.25) is 0 Å². The van der Waals surface area contributed by atoms with Crippen molar-refractivity contribution in [1.82, 2.24) is 4.83 Å². The Morgan fingerprint density at radius 3 is 2.63 bits per heavy atom. The normalized spacial score (nSPS) is 14.6. The van der Waals surface area contributed by atoms with Crippen molar-refractivity contribution < 1.29 is 17.9 Å². The molecule has 0 amide bonds. The zero-order valence-corrected chi connectivity index (χ0v) is 15.7. The third-order valence-corrected chi connectivity index (χ3v) is 6.07. The first-order valence-corrected chi connectivity index (χ1v) is 10.3. The van der Waals surface area contributed by atoms with Gasteiger partial charge in [0, 0.05) is 22.9 Å². The minimum absolute atomic E-state index is 0.0370. The van der Waals surface area contributed by atoms with Crippen molar-refractivity contribution in [2.24, 2.45) is 5.10 Å². The van der Waals surface area contributed by atoms with E-state index < -0.39 is 10.0 Å². The van der Waals surface area contributed by atoms with E-state index in [1.54, 1.807) is 18.2 Å². The number of hydrogen-bond acceptors (Lipinski definition) is 5. The highest BCUT2D eigenvalue weighted by Crippen LogP contribution is 2.36. The molecule has 1 aromatic heterocycles. The first-order chi connectivity index (χ1) is 13.0. The van der Waals surface area contributed by atoms with Crippen LogP contribution in [-0.4, -0.2) is 19.7 Å². The topological polar surface area (TPSA) is 91.9 Å². The van der Waals surface area contributed by atoms with Gasteiger partial charge < -0.3 is 9.52 Å². The maximum atomic E-state index is 12.4. The highest BCUT2D eigenvalue weighted by Gasteiger charge is 2.21. The SMILES string of the molecule is Cc1ccc(S(=O)(=O)NN=Cc2c(O)ccc3oc4c(c23)CCCC4)cc1. The quantitative estimate of drug-likeness (QED) is 0.531. The molecule has 1 aliphatic rings. The number of aryl methyl sites for hydroxylation is 3. The first kappa shape index (κ1) is 17.6. The number of rotatable bonds is 4. The van der Waals surface area contributed by atoms with Crippen LogP contribution in [-0.2, 0) is 22.9 Å². The molecule has 0 fully saturated rings. The summed E-state index contributed by atoms with van der Waals surface area (Å²) in [4.78, 5) is 2.34. The summed E-state index contributed by atoms with van der Waals surface area (Å²) in [6.45, 7) is 1.89. The maximum absolute atomic E-state index is 12.4. The van der Waals surface area contributed by atoms with Crippen LogP contribution < -0.4 is 4.83 Å². The van der Waals surface area contributed by atoms with Crippen molar-refractivity contribution in [3.63, 3.8) is 0 Å². The lowest BCUT2D eigenvalue weighted by Crippen LogP contribution is -2.18. The van der Waals surface area contributed by atoms with Crippen LogP contribution in [0.2, 0.25) is 0 Å². The molecule has 2 N–H and O–H groups in total. The average molecular weight is 384 g/mol. The predicted molar refractivity (Wildman–Crippen MR) is 104 cm³/mol. The Kier molecular flexibility index (Phi) is 4.39. The Hall–Kier alpha value is -2.80. The molecule has 0 radical (unpaired) electrons. The van der Waals surface area contributed by atoms with Crippen molar-refractivity contribution in [1.29, 1.82) is 0 Å². The van der Waals surface area contributed by atoms with Gasteiger partial charge in [0.1, 0.15) is 17.1 Å². The lowest BCUT2D eigenvalue weighted by Gasteiger charge is -2.10. The molecule has 140 valence electrons. The van der Waals surface area contributed by atoms with Crippen molar-refractivity contribution in [2.75, 3.05) is 0 Å². The molecule has 0 atom stereocenters. The number of phenols is 1. The van der Waals surface area contributed by atoms with Crippen LogP contribution in [0.3, 0.4) is 0 Å². The van der Waals surface area contributed by atoms with Crippen LogP contribution in [0, 0.1) is 6.92 Å². The Bertz CT molecular complexity index is 1130. The van der Waals surface area contributed by atoms with E-state index in [4.69, 9.17) is 4.42 Å². The molecular formula is C20H20N2O4S. The average Bonchev–Trinajstić information content (AvgIpc) is 3.03. The van der Waals surface area contributed by atoms with Crippen molar-refractivity contribution >= 4 is 27.2 Å². The minimum Gasteiger partial charge on any atom is -0.507 e. The molecular weight excluding hydrogens is 364 g/mol. The summed E-state index contributed by atoms with van der Waals surface area (Å²) in [5.41, 5.74) is 3.20. The molecule has 1 heterocycles. The van der Waals surface area contributed by atoms with Gasteiger partial charge in [0.05, 0.1) is 11.1 Å².